The number of hydrogen-bond donors (Lipinski definition) is 2. The second-order valence-electron chi connectivity index (χ2n) is 7.07. The largest absolute Gasteiger partial charge is 0.396 e. The first-order valence-electron chi connectivity index (χ1n) is 8.14. The molecule has 1 aliphatic carbocycles. The SMILES string of the molecule is CNC1CCC(C(C)C)CC1CN1CCC(CO)C1. The van der Waals surface area contributed by atoms with E-state index in [1.54, 1.807) is 0 Å². The summed E-state index contributed by atoms with van der Waals surface area (Å²) >= 11 is 0. The van der Waals surface area contributed by atoms with Gasteiger partial charge in [-0.2, -0.15) is 0 Å². The van der Waals surface area contributed by atoms with Crippen LogP contribution >= 0.6 is 0 Å². The van der Waals surface area contributed by atoms with Gasteiger partial charge < -0.3 is 15.3 Å². The van der Waals surface area contributed by atoms with Crippen molar-refractivity contribution < 1.29 is 5.11 Å². The summed E-state index contributed by atoms with van der Waals surface area (Å²) in [6, 6.07) is 0.697. The Labute approximate surface area is 118 Å². The van der Waals surface area contributed by atoms with Crippen molar-refractivity contribution in [3.05, 3.63) is 0 Å². The fourth-order valence-corrected chi connectivity index (χ4v) is 4.05. The standard InChI is InChI=1S/C16H32N2O/c1-12(2)14-4-5-16(17-3)15(8-14)10-18-7-6-13(9-18)11-19/h12-17,19H,4-11H2,1-3H3. The smallest absolute Gasteiger partial charge is 0.0471 e. The van der Waals surface area contributed by atoms with Gasteiger partial charge in [0, 0.05) is 25.7 Å². The van der Waals surface area contributed by atoms with Gasteiger partial charge in [0.15, 0.2) is 0 Å². The van der Waals surface area contributed by atoms with Crippen LogP contribution in [0, 0.1) is 23.7 Å². The first-order valence-corrected chi connectivity index (χ1v) is 8.14. The summed E-state index contributed by atoms with van der Waals surface area (Å²) in [4.78, 5) is 2.58. The Morgan fingerprint density at radius 1 is 1.26 bits per heavy atom. The summed E-state index contributed by atoms with van der Waals surface area (Å²) in [5, 5.41) is 12.8. The topological polar surface area (TPSA) is 35.5 Å². The Morgan fingerprint density at radius 2 is 2.05 bits per heavy atom. The molecule has 0 aromatic carbocycles. The zero-order valence-electron chi connectivity index (χ0n) is 12.9. The van der Waals surface area contributed by atoms with E-state index in [4.69, 9.17) is 0 Å². The lowest BCUT2D eigenvalue weighted by Crippen LogP contribution is -2.45. The first kappa shape index (κ1) is 15.3. The van der Waals surface area contributed by atoms with Gasteiger partial charge >= 0.3 is 0 Å². The maximum Gasteiger partial charge on any atom is 0.0471 e. The Bertz CT molecular complexity index is 269. The van der Waals surface area contributed by atoms with Gasteiger partial charge in [0.25, 0.3) is 0 Å². The molecule has 19 heavy (non-hydrogen) atoms. The summed E-state index contributed by atoms with van der Waals surface area (Å²) in [7, 11) is 2.12. The molecule has 3 heteroatoms. The van der Waals surface area contributed by atoms with E-state index >= 15 is 0 Å². The maximum atomic E-state index is 9.26. The normalized spacial score (nSPS) is 37.1. The molecule has 0 spiro atoms. The minimum absolute atomic E-state index is 0.366. The fourth-order valence-electron chi connectivity index (χ4n) is 4.05. The Hall–Kier alpha value is -0.120. The van der Waals surface area contributed by atoms with Crippen LogP contribution in [0.4, 0.5) is 0 Å². The van der Waals surface area contributed by atoms with Crippen LogP contribution in [0.1, 0.15) is 39.5 Å². The monoisotopic (exact) mass is 268 g/mol. The van der Waals surface area contributed by atoms with E-state index in [0.29, 0.717) is 18.6 Å². The fraction of sp³-hybridized carbons (Fsp3) is 1.00. The van der Waals surface area contributed by atoms with Gasteiger partial charge in [0.2, 0.25) is 0 Å². The molecule has 1 saturated carbocycles. The van der Waals surface area contributed by atoms with Crippen LogP contribution in [-0.4, -0.2) is 49.3 Å². The van der Waals surface area contributed by atoms with Crippen LogP contribution in [0.15, 0.2) is 0 Å². The highest BCUT2D eigenvalue weighted by atomic mass is 16.3. The van der Waals surface area contributed by atoms with Crippen molar-refractivity contribution in [1.29, 1.82) is 0 Å². The van der Waals surface area contributed by atoms with Crippen LogP contribution in [0.3, 0.4) is 0 Å². The first-order chi connectivity index (χ1) is 9.13. The number of hydrogen-bond acceptors (Lipinski definition) is 3. The van der Waals surface area contributed by atoms with Gasteiger partial charge in [-0.05, 0) is 62.9 Å². The lowest BCUT2D eigenvalue weighted by molar-refractivity contribution is 0.131. The number of likely N-dealkylation sites (tertiary alicyclic amines) is 1. The molecule has 3 nitrogen and oxygen atoms in total. The van der Waals surface area contributed by atoms with Crippen molar-refractivity contribution >= 4 is 0 Å². The predicted octanol–water partition coefficient (Wildman–Crippen LogP) is 1.96. The zero-order chi connectivity index (χ0) is 13.8. The van der Waals surface area contributed by atoms with Crippen molar-refractivity contribution in [2.24, 2.45) is 23.7 Å². The zero-order valence-corrected chi connectivity index (χ0v) is 12.9. The van der Waals surface area contributed by atoms with Crippen LogP contribution < -0.4 is 5.32 Å². The summed E-state index contributed by atoms with van der Waals surface area (Å²) in [5.41, 5.74) is 0. The van der Waals surface area contributed by atoms with Gasteiger partial charge in [-0.3, -0.25) is 0 Å². The molecule has 0 bridgehead atoms. The molecule has 0 aromatic rings. The van der Waals surface area contributed by atoms with Crippen molar-refractivity contribution in [3.8, 4) is 0 Å². The van der Waals surface area contributed by atoms with Crippen molar-refractivity contribution in [2.45, 2.75) is 45.6 Å². The molecule has 2 fully saturated rings. The maximum absolute atomic E-state index is 9.26. The lowest BCUT2D eigenvalue weighted by atomic mass is 9.73. The molecule has 0 aromatic heterocycles. The number of aliphatic hydroxyl groups is 1. The summed E-state index contributed by atoms with van der Waals surface area (Å²) in [5.74, 6) is 3.05. The van der Waals surface area contributed by atoms with Crippen molar-refractivity contribution in [1.82, 2.24) is 10.2 Å². The average Bonchev–Trinajstić information content (AvgIpc) is 2.86. The van der Waals surface area contributed by atoms with Gasteiger partial charge in [-0.15, -0.1) is 0 Å². The summed E-state index contributed by atoms with van der Waals surface area (Å²) < 4.78 is 0. The molecule has 112 valence electrons. The number of aliphatic hydroxyl groups excluding tert-OH is 1. The molecule has 1 aliphatic heterocycles. The highest BCUT2D eigenvalue weighted by Gasteiger charge is 2.33. The third kappa shape index (κ3) is 3.93. The third-order valence-electron chi connectivity index (χ3n) is 5.46. The number of nitrogens with zero attached hydrogens (tertiary/aromatic N) is 1. The van der Waals surface area contributed by atoms with E-state index in [2.05, 4.69) is 31.1 Å². The molecular formula is C16H32N2O. The molecule has 4 unspecified atom stereocenters. The molecule has 2 N–H and O–H groups in total. The third-order valence-corrected chi connectivity index (χ3v) is 5.46. The van der Waals surface area contributed by atoms with E-state index in [1.807, 2.05) is 0 Å². The molecule has 0 radical (unpaired) electrons. The van der Waals surface area contributed by atoms with E-state index in [-0.39, 0.29) is 0 Å². The highest BCUT2D eigenvalue weighted by Crippen LogP contribution is 2.35. The molecular weight excluding hydrogens is 236 g/mol. The van der Waals surface area contributed by atoms with Gasteiger partial charge in [-0.25, -0.2) is 0 Å². The minimum atomic E-state index is 0.366. The summed E-state index contributed by atoms with van der Waals surface area (Å²) in [6.45, 7) is 8.63. The van der Waals surface area contributed by atoms with Gasteiger partial charge in [0.1, 0.15) is 0 Å². The summed E-state index contributed by atoms with van der Waals surface area (Å²) in [6.07, 6.45) is 5.28. The molecule has 4 atom stereocenters. The van der Waals surface area contributed by atoms with E-state index < -0.39 is 0 Å². The lowest BCUT2D eigenvalue weighted by Gasteiger charge is -2.39. The molecule has 0 amide bonds. The molecule has 1 saturated heterocycles. The number of rotatable bonds is 5. The van der Waals surface area contributed by atoms with Crippen LogP contribution in [-0.2, 0) is 0 Å². The van der Waals surface area contributed by atoms with Crippen molar-refractivity contribution in [3.63, 3.8) is 0 Å². The van der Waals surface area contributed by atoms with E-state index in [9.17, 15) is 5.11 Å². The Kier molecular flexibility index (Phi) is 5.67. The van der Waals surface area contributed by atoms with Crippen LogP contribution in [0.5, 0.6) is 0 Å². The molecule has 2 aliphatic rings. The quantitative estimate of drug-likeness (QED) is 0.800. The van der Waals surface area contributed by atoms with Crippen LogP contribution in [0.2, 0.25) is 0 Å². The molecule has 1 heterocycles. The van der Waals surface area contributed by atoms with Crippen LogP contribution in [0.25, 0.3) is 0 Å². The average molecular weight is 268 g/mol. The number of nitrogens with one attached hydrogen (secondary N) is 1. The second kappa shape index (κ2) is 7.05. The highest BCUT2D eigenvalue weighted by molar-refractivity contribution is 4.88. The Morgan fingerprint density at radius 3 is 2.63 bits per heavy atom. The van der Waals surface area contributed by atoms with Gasteiger partial charge in [-0.1, -0.05) is 13.8 Å². The van der Waals surface area contributed by atoms with Crippen molar-refractivity contribution in [2.75, 3.05) is 33.3 Å². The second-order valence-corrected chi connectivity index (χ2v) is 7.07. The van der Waals surface area contributed by atoms with E-state index in [0.717, 1.165) is 24.3 Å². The Balaban J connectivity index is 1.88. The molecule has 2 rings (SSSR count). The van der Waals surface area contributed by atoms with E-state index in [1.165, 1.54) is 38.8 Å². The van der Waals surface area contributed by atoms with Gasteiger partial charge in [0.05, 0.1) is 0 Å². The minimum Gasteiger partial charge on any atom is -0.396 e. The predicted molar refractivity (Wildman–Crippen MR) is 80.1 cm³/mol.